The Bertz CT molecular complexity index is 879. The fourth-order valence-electron chi connectivity index (χ4n) is 2.30. The molecule has 1 heterocycles. The highest BCUT2D eigenvalue weighted by molar-refractivity contribution is 5.90. The molecule has 0 spiro atoms. The molecule has 3 rings (SSSR count). The van der Waals surface area contributed by atoms with Crippen molar-refractivity contribution in [1.82, 2.24) is 4.57 Å². The minimum Gasteiger partial charge on any atom is -0.408 e. The molecule has 0 saturated heterocycles. The third kappa shape index (κ3) is 3.58. The summed E-state index contributed by atoms with van der Waals surface area (Å²) in [4.78, 5) is 24.0. The van der Waals surface area contributed by atoms with Gasteiger partial charge in [0.25, 0.3) is 0 Å². The van der Waals surface area contributed by atoms with Crippen molar-refractivity contribution in [3.05, 3.63) is 76.9 Å². The van der Waals surface area contributed by atoms with Crippen molar-refractivity contribution in [2.24, 2.45) is 0 Å². The van der Waals surface area contributed by atoms with Crippen LogP contribution in [0.25, 0.3) is 11.3 Å². The van der Waals surface area contributed by atoms with Gasteiger partial charge in [-0.05, 0) is 24.6 Å². The SMILES string of the molecule is Cc1cccc(NC(=O)Cn2cc(-c3ccccc3)oc2=O)c1. The topological polar surface area (TPSA) is 64.2 Å². The van der Waals surface area contributed by atoms with Crippen LogP contribution in [0.5, 0.6) is 0 Å². The summed E-state index contributed by atoms with van der Waals surface area (Å²) in [5.41, 5.74) is 2.55. The Morgan fingerprint density at radius 1 is 1.13 bits per heavy atom. The van der Waals surface area contributed by atoms with Crippen molar-refractivity contribution in [1.29, 1.82) is 0 Å². The quantitative estimate of drug-likeness (QED) is 0.805. The number of benzene rings is 2. The van der Waals surface area contributed by atoms with Crippen LogP contribution in [0.15, 0.2) is 70.0 Å². The number of hydrogen-bond acceptors (Lipinski definition) is 3. The number of oxazole rings is 1. The summed E-state index contributed by atoms with van der Waals surface area (Å²) in [6.07, 6.45) is 1.55. The molecule has 0 aliphatic rings. The molecule has 1 N–H and O–H groups in total. The molecule has 3 aromatic rings. The fourth-order valence-corrected chi connectivity index (χ4v) is 2.30. The molecule has 0 bridgehead atoms. The lowest BCUT2D eigenvalue weighted by atomic mass is 10.2. The Kier molecular flexibility index (Phi) is 4.10. The van der Waals surface area contributed by atoms with Crippen LogP contribution in [-0.2, 0) is 11.3 Å². The fraction of sp³-hybridized carbons (Fsp3) is 0.111. The molecule has 23 heavy (non-hydrogen) atoms. The Balaban J connectivity index is 1.74. The van der Waals surface area contributed by atoms with Crippen molar-refractivity contribution in [3.63, 3.8) is 0 Å². The van der Waals surface area contributed by atoms with Crippen LogP contribution < -0.4 is 11.1 Å². The summed E-state index contributed by atoms with van der Waals surface area (Å²) in [6.45, 7) is 1.85. The minimum absolute atomic E-state index is 0.0941. The number of amides is 1. The van der Waals surface area contributed by atoms with Crippen molar-refractivity contribution < 1.29 is 9.21 Å². The lowest BCUT2D eigenvalue weighted by Crippen LogP contribution is -2.24. The minimum atomic E-state index is -0.553. The highest BCUT2D eigenvalue weighted by Gasteiger charge is 2.11. The molecule has 0 unspecified atom stereocenters. The highest BCUT2D eigenvalue weighted by atomic mass is 16.4. The predicted molar refractivity (Wildman–Crippen MR) is 88.2 cm³/mol. The van der Waals surface area contributed by atoms with Crippen molar-refractivity contribution >= 4 is 11.6 Å². The molecular weight excluding hydrogens is 292 g/mol. The number of anilines is 1. The first-order valence-corrected chi connectivity index (χ1v) is 7.24. The molecular formula is C18H16N2O3. The predicted octanol–water partition coefficient (Wildman–Crippen LogP) is 3.06. The number of carbonyl (C=O) groups is 1. The van der Waals surface area contributed by atoms with Crippen LogP contribution in [0.2, 0.25) is 0 Å². The standard InChI is InChI=1S/C18H16N2O3/c1-13-6-5-9-15(10-13)19-17(21)12-20-11-16(23-18(20)22)14-7-3-2-4-8-14/h2-11H,12H2,1H3,(H,19,21). The number of aromatic nitrogens is 1. The van der Waals surface area contributed by atoms with Gasteiger partial charge in [-0.1, -0.05) is 42.5 Å². The van der Waals surface area contributed by atoms with Gasteiger partial charge in [0.1, 0.15) is 6.54 Å². The molecule has 0 saturated carbocycles. The van der Waals surface area contributed by atoms with Gasteiger partial charge in [-0.2, -0.15) is 0 Å². The normalized spacial score (nSPS) is 10.5. The van der Waals surface area contributed by atoms with E-state index in [-0.39, 0.29) is 12.5 Å². The molecule has 0 fully saturated rings. The zero-order valence-electron chi connectivity index (χ0n) is 12.7. The molecule has 0 radical (unpaired) electrons. The summed E-state index contributed by atoms with van der Waals surface area (Å²) in [5, 5.41) is 2.77. The first kappa shape index (κ1) is 14.8. The molecule has 1 aromatic heterocycles. The van der Waals surface area contributed by atoms with Gasteiger partial charge in [-0.3, -0.25) is 9.36 Å². The van der Waals surface area contributed by atoms with E-state index < -0.39 is 5.76 Å². The number of carbonyl (C=O) groups excluding carboxylic acids is 1. The van der Waals surface area contributed by atoms with E-state index in [0.717, 1.165) is 11.1 Å². The van der Waals surface area contributed by atoms with Crippen molar-refractivity contribution in [2.45, 2.75) is 13.5 Å². The number of aryl methyl sites for hydroxylation is 1. The van der Waals surface area contributed by atoms with E-state index in [0.29, 0.717) is 11.4 Å². The molecule has 116 valence electrons. The largest absolute Gasteiger partial charge is 0.419 e. The van der Waals surface area contributed by atoms with Gasteiger partial charge in [0.15, 0.2) is 5.76 Å². The lowest BCUT2D eigenvalue weighted by Gasteiger charge is -2.05. The van der Waals surface area contributed by atoms with E-state index >= 15 is 0 Å². The third-order valence-electron chi connectivity index (χ3n) is 3.38. The van der Waals surface area contributed by atoms with E-state index in [9.17, 15) is 9.59 Å². The maximum absolute atomic E-state index is 12.1. The van der Waals surface area contributed by atoms with Gasteiger partial charge in [0, 0.05) is 11.3 Å². The Morgan fingerprint density at radius 3 is 2.65 bits per heavy atom. The van der Waals surface area contributed by atoms with Crippen molar-refractivity contribution in [3.8, 4) is 11.3 Å². The van der Waals surface area contributed by atoms with Crippen molar-refractivity contribution in [2.75, 3.05) is 5.32 Å². The number of hydrogen-bond donors (Lipinski definition) is 1. The van der Waals surface area contributed by atoms with Gasteiger partial charge in [-0.15, -0.1) is 0 Å². The zero-order valence-corrected chi connectivity index (χ0v) is 12.7. The molecule has 0 aliphatic carbocycles. The number of nitrogens with zero attached hydrogens (tertiary/aromatic N) is 1. The van der Waals surface area contributed by atoms with Crippen LogP contribution in [0.4, 0.5) is 5.69 Å². The van der Waals surface area contributed by atoms with Crippen LogP contribution in [0, 0.1) is 6.92 Å². The monoisotopic (exact) mass is 308 g/mol. The average molecular weight is 308 g/mol. The Labute approximate surface area is 133 Å². The van der Waals surface area contributed by atoms with Gasteiger partial charge >= 0.3 is 5.76 Å². The highest BCUT2D eigenvalue weighted by Crippen LogP contribution is 2.17. The van der Waals surface area contributed by atoms with E-state index in [1.807, 2.05) is 55.5 Å². The van der Waals surface area contributed by atoms with E-state index in [1.165, 1.54) is 4.57 Å². The molecule has 5 nitrogen and oxygen atoms in total. The Morgan fingerprint density at radius 2 is 1.91 bits per heavy atom. The van der Waals surface area contributed by atoms with E-state index in [4.69, 9.17) is 4.42 Å². The molecule has 1 amide bonds. The summed E-state index contributed by atoms with van der Waals surface area (Å²) in [7, 11) is 0. The van der Waals surface area contributed by atoms with Gasteiger partial charge in [0.2, 0.25) is 5.91 Å². The third-order valence-corrected chi connectivity index (χ3v) is 3.38. The first-order valence-electron chi connectivity index (χ1n) is 7.24. The smallest absolute Gasteiger partial charge is 0.408 e. The van der Waals surface area contributed by atoms with Gasteiger partial charge in [-0.25, -0.2) is 4.79 Å². The first-order chi connectivity index (χ1) is 11.1. The van der Waals surface area contributed by atoms with E-state index in [2.05, 4.69) is 5.32 Å². The van der Waals surface area contributed by atoms with Gasteiger partial charge in [0.05, 0.1) is 6.20 Å². The maximum atomic E-state index is 12.1. The van der Waals surface area contributed by atoms with Crippen LogP contribution in [0.3, 0.4) is 0 Å². The second-order valence-electron chi connectivity index (χ2n) is 5.27. The van der Waals surface area contributed by atoms with Crippen LogP contribution in [0.1, 0.15) is 5.56 Å². The summed E-state index contributed by atoms with van der Waals surface area (Å²) >= 11 is 0. The second-order valence-corrected chi connectivity index (χ2v) is 5.27. The molecule has 0 aliphatic heterocycles. The van der Waals surface area contributed by atoms with Gasteiger partial charge < -0.3 is 9.73 Å². The van der Waals surface area contributed by atoms with Crippen LogP contribution in [-0.4, -0.2) is 10.5 Å². The zero-order chi connectivity index (χ0) is 16.2. The summed E-state index contributed by atoms with van der Waals surface area (Å²) < 4.78 is 6.46. The maximum Gasteiger partial charge on any atom is 0.419 e. The second kappa shape index (κ2) is 6.36. The Hall–Kier alpha value is -3.08. The van der Waals surface area contributed by atoms with Crippen LogP contribution >= 0.6 is 0 Å². The summed E-state index contributed by atoms with van der Waals surface area (Å²) in [6, 6.07) is 16.8. The van der Waals surface area contributed by atoms with E-state index in [1.54, 1.807) is 12.3 Å². The summed E-state index contributed by atoms with van der Waals surface area (Å²) in [5.74, 6) is -0.389. The molecule has 2 aromatic carbocycles. The molecule has 0 atom stereocenters. The number of nitrogens with one attached hydrogen (secondary N) is 1. The average Bonchev–Trinajstić information content (AvgIpc) is 2.89. The lowest BCUT2D eigenvalue weighted by molar-refractivity contribution is -0.116. The number of rotatable bonds is 4. The molecule has 5 heteroatoms.